The Morgan fingerprint density at radius 1 is 1.04 bits per heavy atom. The molecule has 3 aliphatic rings. The molecule has 0 aromatic heterocycles. The van der Waals surface area contributed by atoms with Crippen molar-refractivity contribution in [2.75, 3.05) is 45.9 Å². The average molecular weight is 348 g/mol. The van der Waals surface area contributed by atoms with E-state index in [4.69, 9.17) is 9.47 Å². The van der Waals surface area contributed by atoms with Crippen molar-refractivity contribution in [2.24, 2.45) is 5.92 Å². The SMILES string of the molecule is Fc1cc(CN2CCCC2)ccc1OC1CC(CN2CCOCC2)C1. The zero-order valence-electron chi connectivity index (χ0n) is 15.0. The van der Waals surface area contributed by atoms with Crippen LogP contribution < -0.4 is 4.74 Å². The molecule has 25 heavy (non-hydrogen) atoms. The van der Waals surface area contributed by atoms with Gasteiger partial charge in [0.15, 0.2) is 11.6 Å². The smallest absolute Gasteiger partial charge is 0.165 e. The van der Waals surface area contributed by atoms with Gasteiger partial charge in [0.1, 0.15) is 0 Å². The van der Waals surface area contributed by atoms with Gasteiger partial charge in [-0.25, -0.2) is 4.39 Å². The van der Waals surface area contributed by atoms with Crippen LogP contribution in [0, 0.1) is 11.7 Å². The first-order valence-corrected chi connectivity index (χ1v) is 9.74. The van der Waals surface area contributed by atoms with Crippen molar-refractivity contribution in [1.82, 2.24) is 9.80 Å². The van der Waals surface area contributed by atoms with Crippen molar-refractivity contribution in [2.45, 2.75) is 38.3 Å². The highest BCUT2D eigenvalue weighted by Crippen LogP contribution is 2.33. The summed E-state index contributed by atoms with van der Waals surface area (Å²) < 4.78 is 25.6. The summed E-state index contributed by atoms with van der Waals surface area (Å²) in [4.78, 5) is 4.86. The first kappa shape index (κ1) is 17.3. The second-order valence-corrected chi connectivity index (χ2v) is 7.74. The third-order valence-corrected chi connectivity index (χ3v) is 5.71. The van der Waals surface area contributed by atoms with Gasteiger partial charge in [0.2, 0.25) is 0 Å². The molecule has 0 bridgehead atoms. The van der Waals surface area contributed by atoms with Crippen molar-refractivity contribution < 1.29 is 13.9 Å². The summed E-state index contributed by atoms with van der Waals surface area (Å²) in [6.07, 6.45) is 4.76. The van der Waals surface area contributed by atoms with E-state index in [1.807, 2.05) is 12.1 Å². The van der Waals surface area contributed by atoms with Crippen molar-refractivity contribution in [3.8, 4) is 5.75 Å². The molecular weight excluding hydrogens is 319 g/mol. The molecule has 0 radical (unpaired) electrons. The molecule has 138 valence electrons. The lowest BCUT2D eigenvalue weighted by Crippen LogP contribution is -2.45. The molecule has 0 N–H and O–H groups in total. The lowest BCUT2D eigenvalue weighted by atomic mass is 9.82. The summed E-state index contributed by atoms with van der Waals surface area (Å²) in [6, 6.07) is 5.48. The lowest BCUT2D eigenvalue weighted by molar-refractivity contribution is -0.000749. The second-order valence-electron chi connectivity index (χ2n) is 7.74. The van der Waals surface area contributed by atoms with Crippen LogP contribution in [0.25, 0.3) is 0 Å². The summed E-state index contributed by atoms with van der Waals surface area (Å²) in [6.45, 7) is 8.01. The number of benzene rings is 1. The average Bonchev–Trinajstić information content (AvgIpc) is 3.09. The Labute approximate surface area is 149 Å². The van der Waals surface area contributed by atoms with Crippen LogP contribution in [0.1, 0.15) is 31.2 Å². The van der Waals surface area contributed by atoms with Crippen LogP contribution in [0.2, 0.25) is 0 Å². The van der Waals surface area contributed by atoms with Gasteiger partial charge in [0.05, 0.1) is 19.3 Å². The molecule has 0 amide bonds. The molecule has 2 saturated heterocycles. The minimum atomic E-state index is -0.215. The van der Waals surface area contributed by atoms with Crippen LogP contribution in [0.3, 0.4) is 0 Å². The molecule has 0 spiro atoms. The van der Waals surface area contributed by atoms with E-state index in [9.17, 15) is 4.39 Å². The van der Waals surface area contributed by atoms with E-state index in [2.05, 4.69) is 9.80 Å². The number of rotatable bonds is 6. The summed E-state index contributed by atoms with van der Waals surface area (Å²) in [5.41, 5.74) is 1.05. The molecule has 4 nitrogen and oxygen atoms in total. The normalized spacial score (nSPS) is 28.0. The van der Waals surface area contributed by atoms with E-state index in [0.717, 1.165) is 70.9 Å². The minimum Gasteiger partial charge on any atom is -0.487 e. The van der Waals surface area contributed by atoms with E-state index < -0.39 is 0 Å². The van der Waals surface area contributed by atoms with Gasteiger partial charge in [-0.05, 0) is 62.4 Å². The van der Waals surface area contributed by atoms with E-state index in [1.165, 1.54) is 12.8 Å². The molecule has 2 aliphatic heterocycles. The number of morpholine rings is 1. The first-order valence-electron chi connectivity index (χ1n) is 9.74. The Kier molecular flexibility index (Phi) is 5.54. The van der Waals surface area contributed by atoms with E-state index in [0.29, 0.717) is 11.7 Å². The van der Waals surface area contributed by atoms with E-state index in [1.54, 1.807) is 6.07 Å². The monoisotopic (exact) mass is 348 g/mol. The van der Waals surface area contributed by atoms with Gasteiger partial charge in [-0.3, -0.25) is 9.80 Å². The minimum absolute atomic E-state index is 0.171. The third-order valence-electron chi connectivity index (χ3n) is 5.71. The fourth-order valence-corrected chi connectivity index (χ4v) is 4.19. The number of halogens is 1. The maximum absolute atomic E-state index is 14.3. The van der Waals surface area contributed by atoms with Crippen LogP contribution in [-0.2, 0) is 11.3 Å². The molecule has 0 unspecified atom stereocenters. The Balaban J connectivity index is 1.23. The molecule has 5 heteroatoms. The van der Waals surface area contributed by atoms with Crippen LogP contribution in [0.15, 0.2) is 18.2 Å². The first-order chi connectivity index (χ1) is 12.3. The van der Waals surface area contributed by atoms with E-state index in [-0.39, 0.29) is 11.9 Å². The molecule has 1 saturated carbocycles. The van der Waals surface area contributed by atoms with Crippen LogP contribution in [-0.4, -0.2) is 61.8 Å². The van der Waals surface area contributed by atoms with Gasteiger partial charge >= 0.3 is 0 Å². The molecule has 3 fully saturated rings. The van der Waals surface area contributed by atoms with Crippen molar-refractivity contribution in [3.05, 3.63) is 29.6 Å². The fourth-order valence-electron chi connectivity index (χ4n) is 4.19. The van der Waals surface area contributed by atoms with Crippen molar-refractivity contribution in [3.63, 3.8) is 0 Å². The lowest BCUT2D eigenvalue weighted by Gasteiger charge is -2.39. The number of likely N-dealkylation sites (tertiary alicyclic amines) is 1. The maximum Gasteiger partial charge on any atom is 0.165 e. The Hall–Kier alpha value is -1.17. The second kappa shape index (κ2) is 8.02. The number of hydrogen-bond donors (Lipinski definition) is 0. The number of ether oxygens (including phenoxy) is 2. The Morgan fingerprint density at radius 3 is 2.52 bits per heavy atom. The molecule has 1 aliphatic carbocycles. The molecule has 1 aromatic rings. The zero-order chi connectivity index (χ0) is 17.1. The molecule has 4 rings (SSSR count). The predicted molar refractivity (Wildman–Crippen MR) is 95.3 cm³/mol. The fraction of sp³-hybridized carbons (Fsp3) is 0.700. The molecule has 0 atom stereocenters. The molecule has 1 aromatic carbocycles. The van der Waals surface area contributed by atoms with Gasteiger partial charge in [0, 0.05) is 26.2 Å². The number of hydrogen-bond acceptors (Lipinski definition) is 4. The van der Waals surface area contributed by atoms with Gasteiger partial charge < -0.3 is 9.47 Å². The maximum atomic E-state index is 14.3. The predicted octanol–water partition coefficient (Wildman–Crippen LogP) is 2.91. The van der Waals surface area contributed by atoms with Crippen LogP contribution >= 0.6 is 0 Å². The number of nitrogens with zero attached hydrogens (tertiary/aromatic N) is 2. The molecule has 2 heterocycles. The quantitative estimate of drug-likeness (QED) is 0.789. The Bertz CT molecular complexity index is 565. The highest BCUT2D eigenvalue weighted by atomic mass is 19.1. The summed E-state index contributed by atoms with van der Waals surface area (Å²) in [7, 11) is 0. The van der Waals surface area contributed by atoms with Crippen molar-refractivity contribution in [1.29, 1.82) is 0 Å². The Morgan fingerprint density at radius 2 is 1.80 bits per heavy atom. The molecular formula is C20H29FN2O2. The van der Waals surface area contributed by atoms with Gasteiger partial charge in [-0.1, -0.05) is 6.07 Å². The summed E-state index contributed by atoms with van der Waals surface area (Å²) in [5, 5.41) is 0. The highest BCUT2D eigenvalue weighted by Gasteiger charge is 2.33. The highest BCUT2D eigenvalue weighted by molar-refractivity contribution is 5.29. The third kappa shape index (κ3) is 4.52. The van der Waals surface area contributed by atoms with Gasteiger partial charge in [-0.15, -0.1) is 0 Å². The standard InChI is InChI=1S/C20H29FN2O2/c21-19-13-16(14-22-5-1-2-6-22)3-4-20(19)25-18-11-17(12-18)15-23-7-9-24-10-8-23/h3-4,13,17-18H,1-2,5-12,14-15H2. The van der Waals surface area contributed by atoms with Crippen LogP contribution in [0.4, 0.5) is 4.39 Å². The van der Waals surface area contributed by atoms with Crippen molar-refractivity contribution >= 4 is 0 Å². The van der Waals surface area contributed by atoms with Gasteiger partial charge in [0.25, 0.3) is 0 Å². The van der Waals surface area contributed by atoms with Gasteiger partial charge in [-0.2, -0.15) is 0 Å². The summed E-state index contributed by atoms with van der Waals surface area (Å²) >= 11 is 0. The zero-order valence-corrected chi connectivity index (χ0v) is 15.0. The van der Waals surface area contributed by atoms with Crippen LogP contribution in [0.5, 0.6) is 5.75 Å². The van der Waals surface area contributed by atoms with E-state index >= 15 is 0 Å². The largest absolute Gasteiger partial charge is 0.487 e. The topological polar surface area (TPSA) is 24.9 Å². The summed E-state index contributed by atoms with van der Waals surface area (Å²) in [5.74, 6) is 0.883.